The number of nitro benzene ring substituents is 1. The van der Waals surface area contributed by atoms with Crippen LogP contribution in [0.3, 0.4) is 0 Å². The Morgan fingerprint density at radius 1 is 1.20 bits per heavy atom. The molecule has 0 spiro atoms. The Bertz CT molecular complexity index is 1080. The molecule has 0 bridgehead atoms. The van der Waals surface area contributed by atoms with Crippen molar-refractivity contribution in [1.29, 1.82) is 0 Å². The molecule has 2 atom stereocenters. The molecule has 2 N–H and O–H groups in total. The third-order valence-corrected chi connectivity index (χ3v) is 5.88. The van der Waals surface area contributed by atoms with Gasteiger partial charge in [-0.1, -0.05) is 6.07 Å². The number of rotatable bonds is 7. The van der Waals surface area contributed by atoms with Crippen molar-refractivity contribution in [1.82, 2.24) is 10.3 Å². The lowest BCUT2D eigenvalue weighted by atomic mass is 9.91. The average Bonchev–Trinajstić information content (AvgIpc) is 3.12. The van der Waals surface area contributed by atoms with Crippen LogP contribution in [0.1, 0.15) is 42.6 Å². The summed E-state index contributed by atoms with van der Waals surface area (Å²) in [4.78, 5) is 14.4. The van der Waals surface area contributed by atoms with Gasteiger partial charge in [0.25, 0.3) is 5.69 Å². The van der Waals surface area contributed by atoms with E-state index < -0.39 is 0 Å². The topological polar surface area (TPSA) is 89.4 Å². The van der Waals surface area contributed by atoms with Crippen LogP contribution in [0.15, 0.2) is 36.4 Å². The van der Waals surface area contributed by atoms with Crippen molar-refractivity contribution >= 4 is 16.6 Å². The molecular weight excluding hydrogens is 382 g/mol. The summed E-state index contributed by atoms with van der Waals surface area (Å²) in [5.74, 6) is 1.46. The number of nitro groups is 1. The number of nitrogens with zero attached hydrogens (tertiary/aromatic N) is 1. The molecule has 0 radical (unpaired) electrons. The molecule has 3 aromatic rings. The smallest absolute Gasteiger partial charge is 0.270 e. The van der Waals surface area contributed by atoms with Gasteiger partial charge in [0.1, 0.15) is 0 Å². The molecule has 1 heterocycles. The normalized spacial score (nSPS) is 16.8. The number of hydrogen-bond donors (Lipinski definition) is 2. The minimum absolute atomic E-state index is 0.140. The zero-order valence-electron chi connectivity index (χ0n) is 17.5. The van der Waals surface area contributed by atoms with E-state index in [4.69, 9.17) is 9.47 Å². The standard InChI is InChI=1S/C23H27N3O4/c1-14(11-15-7-10-21(29-2)22(12-15)30-3)24-20-6-4-5-17-18-13-16(26(27)28)8-9-19(18)25-23(17)20/h7-10,12-14,20,24-25H,4-6,11H2,1-3H3. The predicted octanol–water partition coefficient (Wildman–Crippen LogP) is 4.69. The van der Waals surface area contributed by atoms with Crippen LogP contribution in [-0.4, -0.2) is 30.2 Å². The Kier molecular flexibility index (Phi) is 5.63. The maximum atomic E-state index is 11.2. The molecule has 0 amide bonds. The first-order valence-electron chi connectivity index (χ1n) is 10.3. The van der Waals surface area contributed by atoms with Gasteiger partial charge in [0.2, 0.25) is 0 Å². The lowest BCUT2D eigenvalue weighted by Gasteiger charge is -2.27. The number of non-ortho nitro benzene ring substituents is 1. The number of methoxy groups -OCH3 is 2. The van der Waals surface area contributed by atoms with Gasteiger partial charge in [-0.05, 0) is 61.9 Å². The van der Waals surface area contributed by atoms with Crippen molar-refractivity contribution in [3.8, 4) is 11.5 Å². The van der Waals surface area contributed by atoms with Crippen LogP contribution < -0.4 is 14.8 Å². The second-order valence-corrected chi connectivity index (χ2v) is 7.91. The quantitative estimate of drug-likeness (QED) is 0.436. The fraction of sp³-hybridized carbons (Fsp3) is 0.391. The van der Waals surface area contributed by atoms with Crippen LogP contribution in [0.4, 0.5) is 5.69 Å². The molecular formula is C23H27N3O4. The molecule has 0 saturated heterocycles. The van der Waals surface area contributed by atoms with Crippen molar-refractivity contribution in [2.45, 2.75) is 44.7 Å². The molecule has 4 rings (SSSR count). The summed E-state index contributed by atoms with van der Waals surface area (Å²) in [6.07, 6.45) is 3.90. The molecule has 0 fully saturated rings. The van der Waals surface area contributed by atoms with Crippen LogP contribution in [0.5, 0.6) is 11.5 Å². The summed E-state index contributed by atoms with van der Waals surface area (Å²) < 4.78 is 10.7. The Labute approximate surface area is 175 Å². The van der Waals surface area contributed by atoms with Crippen molar-refractivity contribution in [3.63, 3.8) is 0 Å². The lowest BCUT2D eigenvalue weighted by Crippen LogP contribution is -2.34. The monoisotopic (exact) mass is 409 g/mol. The summed E-state index contributed by atoms with van der Waals surface area (Å²) in [6, 6.07) is 11.5. The highest BCUT2D eigenvalue weighted by Crippen LogP contribution is 2.36. The minimum atomic E-state index is -0.331. The molecule has 0 aliphatic heterocycles. The van der Waals surface area contributed by atoms with Gasteiger partial charge in [-0.25, -0.2) is 0 Å². The van der Waals surface area contributed by atoms with E-state index in [0.717, 1.165) is 53.8 Å². The first kappa shape index (κ1) is 20.2. The Balaban J connectivity index is 1.53. The van der Waals surface area contributed by atoms with Crippen molar-refractivity contribution < 1.29 is 14.4 Å². The maximum Gasteiger partial charge on any atom is 0.270 e. The molecule has 2 unspecified atom stereocenters. The van der Waals surface area contributed by atoms with Gasteiger partial charge < -0.3 is 19.8 Å². The fourth-order valence-corrected chi connectivity index (χ4v) is 4.49. The summed E-state index contributed by atoms with van der Waals surface area (Å²) in [5, 5.41) is 15.9. The number of aryl methyl sites for hydroxylation is 1. The molecule has 158 valence electrons. The second-order valence-electron chi connectivity index (χ2n) is 7.91. The Morgan fingerprint density at radius 3 is 2.73 bits per heavy atom. The Hall–Kier alpha value is -3.06. The van der Waals surface area contributed by atoms with Crippen LogP contribution in [0.2, 0.25) is 0 Å². The molecule has 1 aliphatic rings. The molecule has 1 aromatic heterocycles. The average molecular weight is 409 g/mol. The van der Waals surface area contributed by atoms with E-state index in [2.05, 4.69) is 23.3 Å². The number of aromatic amines is 1. The third-order valence-electron chi connectivity index (χ3n) is 5.88. The second kappa shape index (κ2) is 8.36. The minimum Gasteiger partial charge on any atom is -0.493 e. The van der Waals surface area contributed by atoms with E-state index >= 15 is 0 Å². The number of fused-ring (bicyclic) bond motifs is 3. The largest absolute Gasteiger partial charge is 0.493 e. The predicted molar refractivity (Wildman–Crippen MR) is 116 cm³/mol. The maximum absolute atomic E-state index is 11.2. The van der Waals surface area contributed by atoms with Crippen LogP contribution in [0.25, 0.3) is 10.9 Å². The molecule has 30 heavy (non-hydrogen) atoms. The molecule has 0 saturated carbocycles. The zero-order chi connectivity index (χ0) is 21.3. The van der Waals surface area contributed by atoms with E-state index in [-0.39, 0.29) is 22.7 Å². The van der Waals surface area contributed by atoms with Crippen LogP contribution in [-0.2, 0) is 12.8 Å². The van der Waals surface area contributed by atoms with Crippen LogP contribution in [0, 0.1) is 10.1 Å². The lowest BCUT2D eigenvalue weighted by molar-refractivity contribution is -0.384. The molecule has 1 aliphatic carbocycles. The number of nitrogens with one attached hydrogen (secondary N) is 2. The number of aromatic nitrogens is 1. The van der Waals surface area contributed by atoms with Gasteiger partial charge >= 0.3 is 0 Å². The van der Waals surface area contributed by atoms with Crippen LogP contribution >= 0.6 is 0 Å². The summed E-state index contributed by atoms with van der Waals surface area (Å²) in [7, 11) is 3.28. The summed E-state index contributed by atoms with van der Waals surface area (Å²) >= 11 is 0. The van der Waals surface area contributed by atoms with Gasteiger partial charge in [0, 0.05) is 40.8 Å². The number of hydrogen-bond acceptors (Lipinski definition) is 5. The van der Waals surface area contributed by atoms with Gasteiger partial charge in [-0.15, -0.1) is 0 Å². The summed E-state index contributed by atoms with van der Waals surface area (Å²) in [6.45, 7) is 2.18. The SMILES string of the molecule is COc1ccc(CC(C)NC2CCCc3c2[nH]c2ccc([N+](=O)[O-])cc32)cc1OC. The van der Waals surface area contributed by atoms with Gasteiger partial charge in [0.15, 0.2) is 11.5 Å². The van der Waals surface area contributed by atoms with Gasteiger partial charge in [-0.2, -0.15) is 0 Å². The highest BCUT2D eigenvalue weighted by molar-refractivity contribution is 5.87. The number of H-pyrrole nitrogens is 1. The fourth-order valence-electron chi connectivity index (χ4n) is 4.49. The molecule has 2 aromatic carbocycles. The van der Waals surface area contributed by atoms with Gasteiger partial charge in [-0.3, -0.25) is 10.1 Å². The van der Waals surface area contributed by atoms with E-state index in [0.29, 0.717) is 0 Å². The van der Waals surface area contributed by atoms with Crippen molar-refractivity contribution in [3.05, 3.63) is 63.3 Å². The number of ether oxygens (including phenoxy) is 2. The zero-order valence-corrected chi connectivity index (χ0v) is 17.5. The van der Waals surface area contributed by atoms with E-state index in [9.17, 15) is 10.1 Å². The van der Waals surface area contributed by atoms with Gasteiger partial charge in [0.05, 0.1) is 19.1 Å². The van der Waals surface area contributed by atoms with Crippen molar-refractivity contribution in [2.24, 2.45) is 0 Å². The van der Waals surface area contributed by atoms with Crippen molar-refractivity contribution in [2.75, 3.05) is 14.2 Å². The Morgan fingerprint density at radius 2 is 2.00 bits per heavy atom. The molecule has 7 nitrogen and oxygen atoms in total. The molecule has 7 heteroatoms. The van der Waals surface area contributed by atoms with E-state index in [1.54, 1.807) is 26.4 Å². The first-order chi connectivity index (χ1) is 14.5. The number of benzene rings is 2. The first-order valence-corrected chi connectivity index (χ1v) is 10.3. The highest BCUT2D eigenvalue weighted by atomic mass is 16.6. The third kappa shape index (κ3) is 3.85. The van der Waals surface area contributed by atoms with E-state index in [1.807, 2.05) is 18.2 Å². The highest BCUT2D eigenvalue weighted by Gasteiger charge is 2.26. The van der Waals surface area contributed by atoms with E-state index in [1.165, 1.54) is 11.1 Å². The summed E-state index contributed by atoms with van der Waals surface area (Å²) in [5.41, 5.74) is 4.65.